The van der Waals surface area contributed by atoms with Crippen molar-refractivity contribution < 1.29 is 21.6 Å². The Hall–Kier alpha value is -2.70. The second-order valence-corrected chi connectivity index (χ2v) is 8.31. The predicted octanol–water partition coefficient (Wildman–Crippen LogP) is 5.20. The Labute approximate surface area is 165 Å². The maximum Gasteiger partial charge on any atom is 0.416 e. The Morgan fingerprint density at radius 3 is 2.43 bits per heavy atom. The first kappa shape index (κ1) is 21.6. The zero-order chi connectivity index (χ0) is 20.8. The predicted molar refractivity (Wildman–Crippen MR) is 104 cm³/mol. The highest BCUT2D eigenvalue weighted by Gasteiger charge is 2.31. The Morgan fingerprint density at radius 1 is 1.18 bits per heavy atom. The number of alkyl halides is 3. The molecule has 0 aromatic heterocycles. The fraction of sp³-hybridized carbons (Fsp3) is 0.105. The largest absolute Gasteiger partial charge is 0.416 e. The first-order valence-electron chi connectivity index (χ1n) is 7.82. The van der Waals surface area contributed by atoms with Gasteiger partial charge in [0.25, 0.3) is 0 Å². The average Bonchev–Trinajstić information content (AvgIpc) is 2.66. The SMILES string of the molecule is C=CCS/C(Nc1cccc(C(F)(F)F)c1)=C(/C#N)S(=O)(=O)c1ccccc1. The van der Waals surface area contributed by atoms with Gasteiger partial charge in [-0.25, -0.2) is 8.42 Å². The number of hydrogen-bond donors (Lipinski definition) is 1. The zero-order valence-electron chi connectivity index (χ0n) is 14.4. The molecule has 0 saturated heterocycles. The smallest absolute Gasteiger partial charge is 0.349 e. The van der Waals surface area contributed by atoms with Crippen molar-refractivity contribution in [3.05, 3.63) is 82.7 Å². The summed E-state index contributed by atoms with van der Waals surface area (Å²) in [5.41, 5.74) is -0.882. The molecule has 0 saturated carbocycles. The van der Waals surface area contributed by atoms with Gasteiger partial charge >= 0.3 is 6.18 Å². The first-order chi connectivity index (χ1) is 13.2. The van der Waals surface area contributed by atoms with E-state index in [0.717, 1.165) is 23.9 Å². The molecule has 0 radical (unpaired) electrons. The number of sulfone groups is 1. The molecule has 0 bridgehead atoms. The van der Waals surface area contributed by atoms with Crippen molar-refractivity contribution in [2.24, 2.45) is 0 Å². The lowest BCUT2D eigenvalue weighted by Gasteiger charge is -2.14. The van der Waals surface area contributed by atoms with Gasteiger partial charge in [0, 0.05) is 11.4 Å². The van der Waals surface area contributed by atoms with E-state index in [0.29, 0.717) is 0 Å². The van der Waals surface area contributed by atoms with Gasteiger partial charge in [-0.05, 0) is 30.3 Å². The molecule has 0 aliphatic carbocycles. The van der Waals surface area contributed by atoms with Crippen molar-refractivity contribution in [2.75, 3.05) is 11.1 Å². The van der Waals surface area contributed by atoms with Crippen molar-refractivity contribution >= 4 is 27.3 Å². The quantitative estimate of drug-likeness (QED) is 0.489. The van der Waals surface area contributed by atoms with Gasteiger partial charge in [-0.1, -0.05) is 30.3 Å². The van der Waals surface area contributed by atoms with Crippen LogP contribution in [0.5, 0.6) is 0 Å². The van der Waals surface area contributed by atoms with Gasteiger partial charge in [0.2, 0.25) is 9.84 Å². The van der Waals surface area contributed by atoms with Crippen LogP contribution in [0.15, 0.2) is 82.1 Å². The van der Waals surface area contributed by atoms with Crippen molar-refractivity contribution in [1.82, 2.24) is 0 Å². The van der Waals surface area contributed by atoms with E-state index in [2.05, 4.69) is 11.9 Å². The molecule has 2 aromatic rings. The van der Waals surface area contributed by atoms with E-state index in [1.165, 1.54) is 42.5 Å². The van der Waals surface area contributed by atoms with Gasteiger partial charge in [-0.3, -0.25) is 0 Å². The number of rotatable bonds is 7. The van der Waals surface area contributed by atoms with Crippen molar-refractivity contribution in [3.8, 4) is 6.07 Å². The summed E-state index contributed by atoms with van der Waals surface area (Å²) in [6.45, 7) is 3.54. The maximum atomic E-state index is 12.9. The number of thioether (sulfide) groups is 1. The Bertz CT molecular complexity index is 1030. The van der Waals surface area contributed by atoms with Gasteiger partial charge in [0.05, 0.1) is 10.5 Å². The lowest BCUT2D eigenvalue weighted by molar-refractivity contribution is -0.137. The minimum Gasteiger partial charge on any atom is -0.349 e. The molecule has 0 amide bonds. The molecule has 0 atom stereocenters. The molecule has 2 aromatic carbocycles. The zero-order valence-corrected chi connectivity index (χ0v) is 16.0. The summed E-state index contributed by atoms with van der Waals surface area (Å²) in [7, 11) is -4.16. The van der Waals surface area contributed by atoms with E-state index in [1.54, 1.807) is 12.1 Å². The number of benzene rings is 2. The standard InChI is InChI=1S/C19H15F3N2O2S2/c1-2-11-27-18(24-15-8-6-7-14(12-15)19(20,21)22)17(13-23)28(25,26)16-9-4-3-5-10-16/h2-10,12,24H,1,11H2/b18-17-. The second kappa shape index (κ2) is 8.99. The van der Waals surface area contributed by atoms with Gasteiger partial charge in [0.1, 0.15) is 11.1 Å². The van der Waals surface area contributed by atoms with Crippen LogP contribution >= 0.6 is 11.8 Å². The normalized spacial score (nSPS) is 12.6. The first-order valence-corrected chi connectivity index (χ1v) is 10.3. The summed E-state index contributed by atoms with van der Waals surface area (Å²) >= 11 is 0.951. The summed E-state index contributed by atoms with van der Waals surface area (Å²) in [4.78, 5) is -0.669. The van der Waals surface area contributed by atoms with Crippen LogP contribution in [-0.4, -0.2) is 14.2 Å². The van der Waals surface area contributed by atoms with E-state index in [1.807, 2.05) is 0 Å². The lowest BCUT2D eigenvalue weighted by Crippen LogP contribution is -2.11. The highest BCUT2D eigenvalue weighted by molar-refractivity contribution is 8.04. The molecular weight excluding hydrogens is 409 g/mol. The number of nitrogens with one attached hydrogen (secondary N) is 1. The Morgan fingerprint density at radius 2 is 1.86 bits per heavy atom. The number of allylic oxidation sites excluding steroid dienone is 1. The van der Waals surface area contributed by atoms with E-state index < -0.39 is 26.5 Å². The molecule has 0 aliphatic rings. The van der Waals surface area contributed by atoms with Crippen LogP contribution in [0.3, 0.4) is 0 Å². The maximum absolute atomic E-state index is 12.9. The summed E-state index contributed by atoms with van der Waals surface area (Å²) in [6, 6.07) is 13.3. The van der Waals surface area contributed by atoms with Crippen LogP contribution in [0.25, 0.3) is 0 Å². The molecule has 0 unspecified atom stereocenters. The van der Waals surface area contributed by atoms with Gasteiger partial charge < -0.3 is 5.32 Å². The molecule has 0 fully saturated rings. The van der Waals surface area contributed by atoms with Gasteiger partial charge in [-0.15, -0.1) is 18.3 Å². The third-order valence-electron chi connectivity index (χ3n) is 3.42. The molecule has 146 valence electrons. The summed E-state index contributed by atoms with van der Waals surface area (Å²) in [6.07, 6.45) is -3.06. The summed E-state index contributed by atoms with van der Waals surface area (Å²) in [5, 5.41) is 12.1. The molecular formula is C19H15F3N2O2S2. The van der Waals surface area contributed by atoms with Crippen molar-refractivity contribution in [3.63, 3.8) is 0 Å². The molecule has 2 rings (SSSR count). The van der Waals surface area contributed by atoms with Crippen LogP contribution in [0.4, 0.5) is 18.9 Å². The molecule has 0 aliphatic heterocycles. The Balaban J connectivity index is 2.55. The molecule has 1 N–H and O–H groups in total. The fourth-order valence-corrected chi connectivity index (χ4v) is 4.48. The number of halogens is 3. The van der Waals surface area contributed by atoms with E-state index >= 15 is 0 Å². The van der Waals surface area contributed by atoms with Gasteiger partial charge in [0.15, 0.2) is 4.91 Å². The second-order valence-electron chi connectivity index (χ2n) is 5.39. The number of anilines is 1. The van der Waals surface area contributed by atoms with Crippen LogP contribution in [-0.2, 0) is 16.0 Å². The Kier molecular flexibility index (Phi) is 6.94. The lowest BCUT2D eigenvalue weighted by atomic mass is 10.2. The van der Waals surface area contributed by atoms with E-state index in [-0.39, 0.29) is 21.4 Å². The van der Waals surface area contributed by atoms with E-state index in [9.17, 15) is 26.9 Å². The van der Waals surface area contributed by atoms with Gasteiger partial charge in [-0.2, -0.15) is 18.4 Å². The number of nitriles is 1. The highest BCUT2D eigenvalue weighted by atomic mass is 32.2. The average molecular weight is 424 g/mol. The van der Waals surface area contributed by atoms with Crippen LogP contribution < -0.4 is 5.32 Å². The van der Waals surface area contributed by atoms with Crippen molar-refractivity contribution in [1.29, 1.82) is 5.26 Å². The molecule has 4 nitrogen and oxygen atoms in total. The molecule has 9 heteroatoms. The van der Waals surface area contributed by atoms with Crippen LogP contribution in [0.1, 0.15) is 5.56 Å². The minimum absolute atomic E-state index is 0.0115. The third kappa shape index (κ3) is 5.18. The number of nitrogens with zero attached hydrogens (tertiary/aromatic N) is 1. The third-order valence-corrected chi connectivity index (χ3v) is 6.28. The monoisotopic (exact) mass is 424 g/mol. The molecule has 0 heterocycles. The molecule has 0 spiro atoms. The topological polar surface area (TPSA) is 70.0 Å². The summed E-state index contributed by atoms with van der Waals surface area (Å²) in [5.74, 6) is 0.247. The fourth-order valence-electron chi connectivity index (χ4n) is 2.16. The van der Waals surface area contributed by atoms with Crippen LogP contribution in [0, 0.1) is 11.3 Å². The highest BCUT2D eigenvalue weighted by Crippen LogP contribution is 2.33. The minimum atomic E-state index is -4.55. The van der Waals surface area contributed by atoms with Crippen LogP contribution in [0.2, 0.25) is 0 Å². The van der Waals surface area contributed by atoms with Crippen molar-refractivity contribution in [2.45, 2.75) is 11.1 Å². The summed E-state index contributed by atoms with van der Waals surface area (Å²) < 4.78 is 64.5. The van der Waals surface area contributed by atoms with E-state index in [4.69, 9.17) is 0 Å². The molecule has 28 heavy (non-hydrogen) atoms. The number of hydrogen-bond acceptors (Lipinski definition) is 5.